The molecule has 0 aliphatic heterocycles. The SMILES string of the molecule is O=[N+]([O-])c1cc(C(F)(F)F)c(OC(F)F)cc1C(F)(F)F. The average Bonchev–Trinajstić information content (AvgIpc) is 2.24. The predicted molar refractivity (Wildman–Crippen MR) is 49.7 cm³/mol. The standard InChI is InChI=1S/C9H3F8NO3/c10-7(11)21-6-2-3(8(12,13)14)5(18(19)20)1-4(6)9(15,16)17/h1-2,7H. The average molecular weight is 325 g/mol. The van der Waals surface area contributed by atoms with Crippen LogP contribution >= 0.6 is 0 Å². The van der Waals surface area contributed by atoms with E-state index in [9.17, 15) is 45.2 Å². The van der Waals surface area contributed by atoms with E-state index in [1.165, 1.54) is 0 Å². The molecule has 0 heterocycles. The zero-order valence-corrected chi connectivity index (χ0v) is 9.43. The summed E-state index contributed by atoms with van der Waals surface area (Å²) >= 11 is 0. The largest absolute Gasteiger partial charge is 0.434 e. The van der Waals surface area contributed by atoms with Gasteiger partial charge in [-0.1, -0.05) is 0 Å². The Morgan fingerprint density at radius 3 is 1.81 bits per heavy atom. The van der Waals surface area contributed by atoms with Gasteiger partial charge in [-0.25, -0.2) is 0 Å². The highest BCUT2D eigenvalue weighted by molar-refractivity contribution is 5.53. The van der Waals surface area contributed by atoms with Gasteiger partial charge >= 0.3 is 19.0 Å². The first-order valence-corrected chi connectivity index (χ1v) is 4.75. The molecule has 118 valence electrons. The van der Waals surface area contributed by atoms with E-state index in [0.717, 1.165) is 0 Å². The first-order chi connectivity index (χ1) is 9.34. The van der Waals surface area contributed by atoms with E-state index in [-0.39, 0.29) is 0 Å². The molecule has 0 fully saturated rings. The van der Waals surface area contributed by atoms with Crippen LogP contribution in [-0.4, -0.2) is 11.5 Å². The second-order valence-electron chi connectivity index (χ2n) is 3.50. The van der Waals surface area contributed by atoms with Crippen molar-refractivity contribution in [3.63, 3.8) is 0 Å². The van der Waals surface area contributed by atoms with Crippen LogP contribution in [0.3, 0.4) is 0 Å². The molecule has 0 bridgehead atoms. The van der Waals surface area contributed by atoms with Crippen molar-refractivity contribution in [2.45, 2.75) is 19.0 Å². The Labute approximate surface area is 110 Å². The quantitative estimate of drug-likeness (QED) is 0.475. The van der Waals surface area contributed by atoms with E-state index in [2.05, 4.69) is 4.74 Å². The number of nitro benzene ring substituents is 1. The van der Waals surface area contributed by atoms with Crippen molar-refractivity contribution >= 4 is 5.69 Å². The molecular formula is C9H3F8NO3. The van der Waals surface area contributed by atoms with E-state index in [0.29, 0.717) is 0 Å². The zero-order valence-electron chi connectivity index (χ0n) is 9.43. The maximum Gasteiger partial charge on any atom is 0.423 e. The van der Waals surface area contributed by atoms with Crippen molar-refractivity contribution in [3.05, 3.63) is 33.4 Å². The molecule has 4 nitrogen and oxygen atoms in total. The van der Waals surface area contributed by atoms with Crippen LogP contribution in [0.1, 0.15) is 11.1 Å². The minimum absolute atomic E-state index is 0.479. The molecule has 0 saturated heterocycles. The van der Waals surface area contributed by atoms with Crippen molar-refractivity contribution in [1.82, 2.24) is 0 Å². The minimum Gasteiger partial charge on any atom is -0.434 e. The van der Waals surface area contributed by atoms with Crippen LogP contribution in [0.15, 0.2) is 12.1 Å². The van der Waals surface area contributed by atoms with Gasteiger partial charge in [-0.05, 0) is 0 Å². The first-order valence-electron chi connectivity index (χ1n) is 4.75. The third kappa shape index (κ3) is 3.92. The molecule has 12 heteroatoms. The van der Waals surface area contributed by atoms with Crippen LogP contribution < -0.4 is 4.74 Å². The number of nitro groups is 1. The fraction of sp³-hybridized carbons (Fsp3) is 0.333. The lowest BCUT2D eigenvalue weighted by molar-refractivity contribution is -0.388. The molecule has 0 spiro atoms. The normalized spacial score (nSPS) is 12.6. The third-order valence-corrected chi connectivity index (χ3v) is 2.12. The van der Waals surface area contributed by atoms with Crippen LogP contribution in [0, 0.1) is 10.1 Å². The monoisotopic (exact) mass is 325 g/mol. The summed E-state index contributed by atoms with van der Waals surface area (Å²) in [6.07, 6.45) is -10.8. The van der Waals surface area contributed by atoms with E-state index in [1.54, 1.807) is 0 Å². The molecular weight excluding hydrogens is 322 g/mol. The second kappa shape index (κ2) is 5.33. The summed E-state index contributed by atoms with van der Waals surface area (Å²) in [5.41, 5.74) is -6.16. The molecule has 1 rings (SSSR count). The summed E-state index contributed by atoms with van der Waals surface area (Å²) in [6, 6.07) is -0.979. The van der Waals surface area contributed by atoms with E-state index in [4.69, 9.17) is 0 Å². The second-order valence-corrected chi connectivity index (χ2v) is 3.50. The van der Waals surface area contributed by atoms with Gasteiger partial charge in [0.05, 0.1) is 4.92 Å². The van der Waals surface area contributed by atoms with E-state index in [1.807, 2.05) is 0 Å². The molecule has 0 amide bonds. The number of hydrogen-bond acceptors (Lipinski definition) is 3. The smallest absolute Gasteiger partial charge is 0.423 e. The van der Waals surface area contributed by atoms with Gasteiger partial charge in [-0.3, -0.25) is 10.1 Å². The van der Waals surface area contributed by atoms with Crippen LogP contribution in [0.2, 0.25) is 0 Å². The van der Waals surface area contributed by atoms with Gasteiger partial charge in [0.1, 0.15) is 16.9 Å². The molecule has 0 aromatic heterocycles. The highest BCUT2D eigenvalue weighted by atomic mass is 19.4. The fourth-order valence-electron chi connectivity index (χ4n) is 1.36. The van der Waals surface area contributed by atoms with Gasteiger partial charge in [-0.2, -0.15) is 35.1 Å². The topological polar surface area (TPSA) is 52.4 Å². The van der Waals surface area contributed by atoms with E-state index < -0.39 is 58.6 Å². The number of hydrogen-bond donors (Lipinski definition) is 0. The summed E-state index contributed by atoms with van der Waals surface area (Å²) in [5, 5.41) is 10.4. The molecule has 21 heavy (non-hydrogen) atoms. The summed E-state index contributed by atoms with van der Waals surface area (Å²) in [5.74, 6) is -1.85. The third-order valence-electron chi connectivity index (χ3n) is 2.12. The molecule has 0 unspecified atom stereocenters. The zero-order chi connectivity index (χ0) is 16.6. The van der Waals surface area contributed by atoms with Gasteiger partial charge in [0.15, 0.2) is 0 Å². The molecule has 0 saturated carbocycles. The number of alkyl halides is 8. The Morgan fingerprint density at radius 2 is 1.48 bits per heavy atom. The van der Waals surface area contributed by atoms with Gasteiger partial charge in [-0.15, -0.1) is 0 Å². The maximum absolute atomic E-state index is 12.5. The fourth-order valence-corrected chi connectivity index (χ4v) is 1.36. The number of ether oxygens (including phenoxy) is 1. The molecule has 0 radical (unpaired) electrons. The predicted octanol–water partition coefficient (Wildman–Crippen LogP) is 4.23. The minimum atomic E-state index is -5.42. The summed E-state index contributed by atoms with van der Waals surface area (Å²) < 4.78 is 103. The number of rotatable bonds is 3. The van der Waals surface area contributed by atoms with Gasteiger partial charge < -0.3 is 4.74 Å². The number of halogens is 8. The molecule has 0 aliphatic carbocycles. The molecule has 1 aromatic rings. The highest BCUT2D eigenvalue weighted by Gasteiger charge is 2.44. The Balaban J connectivity index is 3.66. The highest BCUT2D eigenvalue weighted by Crippen LogP contribution is 2.45. The lowest BCUT2D eigenvalue weighted by Crippen LogP contribution is -2.16. The van der Waals surface area contributed by atoms with Crippen LogP contribution in [0.5, 0.6) is 5.75 Å². The Kier molecular flexibility index (Phi) is 4.29. The van der Waals surface area contributed by atoms with Crippen LogP contribution in [0.25, 0.3) is 0 Å². The van der Waals surface area contributed by atoms with Crippen molar-refractivity contribution in [2.75, 3.05) is 0 Å². The Morgan fingerprint density at radius 1 is 1.00 bits per heavy atom. The molecule has 0 aliphatic rings. The molecule has 1 aromatic carbocycles. The van der Waals surface area contributed by atoms with Gasteiger partial charge in [0, 0.05) is 12.1 Å². The molecule has 0 atom stereocenters. The van der Waals surface area contributed by atoms with Crippen LogP contribution in [-0.2, 0) is 12.4 Å². The van der Waals surface area contributed by atoms with Crippen molar-refractivity contribution in [3.8, 4) is 5.75 Å². The summed E-state index contributed by atoms with van der Waals surface area (Å²) in [6.45, 7) is -3.84. The lowest BCUT2D eigenvalue weighted by atomic mass is 10.1. The first kappa shape index (κ1) is 16.9. The van der Waals surface area contributed by atoms with Crippen molar-refractivity contribution in [1.29, 1.82) is 0 Å². The summed E-state index contributed by atoms with van der Waals surface area (Å²) in [4.78, 5) is 8.73. The molecule has 0 N–H and O–H groups in total. The maximum atomic E-state index is 12.5. The number of benzene rings is 1. The van der Waals surface area contributed by atoms with Crippen molar-refractivity contribution in [2.24, 2.45) is 0 Å². The van der Waals surface area contributed by atoms with Crippen molar-refractivity contribution < 1.29 is 44.8 Å². The summed E-state index contributed by atoms with van der Waals surface area (Å²) in [7, 11) is 0. The Hall–Kier alpha value is -2.14. The number of nitrogens with zero attached hydrogens (tertiary/aromatic N) is 1. The Bertz CT molecular complexity index is 551. The van der Waals surface area contributed by atoms with Crippen LogP contribution in [0.4, 0.5) is 40.8 Å². The van der Waals surface area contributed by atoms with Gasteiger partial charge in [0.25, 0.3) is 5.69 Å². The van der Waals surface area contributed by atoms with Gasteiger partial charge in [0.2, 0.25) is 0 Å². The lowest BCUT2D eigenvalue weighted by Gasteiger charge is -2.16. The van der Waals surface area contributed by atoms with E-state index >= 15 is 0 Å².